The average Bonchev–Trinajstić information content (AvgIpc) is 3.21. The number of aromatic nitrogens is 4. The van der Waals surface area contributed by atoms with Crippen molar-refractivity contribution in [3.63, 3.8) is 0 Å². The van der Waals surface area contributed by atoms with Crippen LogP contribution in [0.5, 0.6) is 0 Å². The Morgan fingerprint density at radius 1 is 1.19 bits per heavy atom. The van der Waals surface area contributed by atoms with E-state index in [1.165, 1.54) is 30.3 Å². The summed E-state index contributed by atoms with van der Waals surface area (Å²) < 4.78 is 33.5. The lowest BCUT2D eigenvalue weighted by molar-refractivity contribution is 0.0600. The minimum absolute atomic E-state index is 0.0822. The van der Waals surface area contributed by atoms with E-state index in [0.717, 1.165) is 0 Å². The predicted molar refractivity (Wildman–Crippen MR) is 91.0 cm³/mol. The summed E-state index contributed by atoms with van der Waals surface area (Å²) in [6.45, 7) is 0.0822. The summed E-state index contributed by atoms with van der Waals surface area (Å²) in [5.74, 6) is -0.448. The molecule has 0 saturated carbocycles. The van der Waals surface area contributed by atoms with Crippen molar-refractivity contribution in [3.8, 4) is 5.69 Å². The van der Waals surface area contributed by atoms with Crippen molar-refractivity contribution in [1.82, 2.24) is 24.9 Å². The smallest absolute Gasteiger partial charge is 0.337 e. The zero-order valence-electron chi connectivity index (χ0n) is 13.7. The third kappa shape index (κ3) is 3.92. The minimum atomic E-state index is -3.73. The van der Waals surface area contributed by atoms with Crippen LogP contribution in [0, 0.1) is 0 Å². The van der Waals surface area contributed by atoms with Gasteiger partial charge in [0.05, 0.1) is 23.3 Å². The first-order valence-corrected chi connectivity index (χ1v) is 8.98. The predicted octanol–water partition coefficient (Wildman–Crippen LogP) is 0.927. The van der Waals surface area contributed by atoms with Crippen molar-refractivity contribution in [2.45, 2.75) is 11.4 Å². The molecule has 0 fully saturated rings. The Balaban J connectivity index is 1.73. The monoisotopic (exact) mass is 373 g/mol. The molecule has 1 N–H and O–H groups in total. The van der Waals surface area contributed by atoms with Gasteiger partial charge in [-0.05, 0) is 46.3 Å². The Kier molecular flexibility index (Phi) is 5.05. The van der Waals surface area contributed by atoms with Crippen LogP contribution >= 0.6 is 0 Å². The minimum Gasteiger partial charge on any atom is -0.465 e. The molecule has 0 amide bonds. The highest BCUT2D eigenvalue weighted by Crippen LogP contribution is 2.14. The third-order valence-corrected chi connectivity index (χ3v) is 4.98. The van der Waals surface area contributed by atoms with Crippen LogP contribution in [0.2, 0.25) is 0 Å². The van der Waals surface area contributed by atoms with E-state index in [1.54, 1.807) is 36.4 Å². The number of benzene rings is 2. The maximum absolute atomic E-state index is 12.5. The van der Waals surface area contributed by atoms with Gasteiger partial charge in [0.1, 0.15) is 6.33 Å². The lowest BCUT2D eigenvalue weighted by Gasteiger charge is -2.09. The third-order valence-electron chi connectivity index (χ3n) is 3.58. The summed E-state index contributed by atoms with van der Waals surface area (Å²) in [4.78, 5) is 11.5. The van der Waals surface area contributed by atoms with Crippen LogP contribution < -0.4 is 4.72 Å². The molecule has 0 bridgehead atoms. The second-order valence-corrected chi connectivity index (χ2v) is 7.03. The fourth-order valence-electron chi connectivity index (χ4n) is 2.21. The first kappa shape index (κ1) is 17.7. The number of ether oxygens (including phenoxy) is 1. The normalized spacial score (nSPS) is 11.3. The lowest BCUT2D eigenvalue weighted by atomic mass is 10.1. The van der Waals surface area contributed by atoms with Crippen LogP contribution in [0.3, 0.4) is 0 Å². The van der Waals surface area contributed by atoms with Gasteiger partial charge in [-0.25, -0.2) is 22.6 Å². The van der Waals surface area contributed by atoms with Gasteiger partial charge >= 0.3 is 5.97 Å². The number of methoxy groups -OCH3 is 1. The number of tetrazole rings is 1. The number of hydrogen-bond acceptors (Lipinski definition) is 7. The van der Waals surface area contributed by atoms with Crippen molar-refractivity contribution in [1.29, 1.82) is 0 Å². The van der Waals surface area contributed by atoms with Crippen molar-refractivity contribution in [3.05, 3.63) is 66.0 Å². The summed E-state index contributed by atoms with van der Waals surface area (Å²) in [7, 11) is -2.43. The molecule has 0 aliphatic heterocycles. The maximum Gasteiger partial charge on any atom is 0.337 e. The van der Waals surface area contributed by atoms with Gasteiger partial charge < -0.3 is 4.74 Å². The highest BCUT2D eigenvalue weighted by atomic mass is 32.2. The van der Waals surface area contributed by atoms with Gasteiger partial charge in [0.2, 0.25) is 10.0 Å². The van der Waals surface area contributed by atoms with E-state index < -0.39 is 16.0 Å². The maximum atomic E-state index is 12.5. The number of carbonyl (C=O) groups is 1. The second kappa shape index (κ2) is 7.42. The Hall–Kier alpha value is -3.11. The molecule has 0 radical (unpaired) electrons. The molecule has 0 atom stereocenters. The van der Waals surface area contributed by atoms with Gasteiger partial charge in [-0.3, -0.25) is 0 Å². The zero-order valence-corrected chi connectivity index (χ0v) is 14.5. The van der Waals surface area contributed by atoms with Gasteiger partial charge in [0.15, 0.2) is 0 Å². The Labute approximate surface area is 149 Å². The van der Waals surface area contributed by atoms with Crippen LogP contribution in [-0.2, 0) is 21.3 Å². The number of carbonyl (C=O) groups excluding carboxylic acids is 1. The standard InChI is InChI=1S/C16H15N5O4S/c1-25-16(22)13-7-5-12(6-8-13)10-18-26(23,24)15-4-2-3-14(9-15)21-11-17-19-20-21/h2-9,11,18H,10H2,1H3. The number of esters is 1. The van der Waals surface area contributed by atoms with Crippen molar-refractivity contribution in [2.24, 2.45) is 0 Å². The number of hydrogen-bond donors (Lipinski definition) is 1. The Morgan fingerprint density at radius 2 is 1.96 bits per heavy atom. The molecule has 3 aromatic rings. The molecule has 0 unspecified atom stereocenters. The molecule has 0 saturated heterocycles. The van der Waals surface area contributed by atoms with Crippen LogP contribution in [0.25, 0.3) is 5.69 Å². The van der Waals surface area contributed by atoms with Gasteiger partial charge in [0.25, 0.3) is 0 Å². The number of nitrogens with one attached hydrogen (secondary N) is 1. The van der Waals surface area contributed by atoms with Crippen LogP contribution in [0.4, 0.5) is 0 Å². The van der Waals surface area contributed by atoms with Gasteiger partial charge in [-0.2, -0.15) is 0 Å². The fourth-order valence-corrected chi connectivity index (χ4v) is 3.27. The average molecular weight is 373 g/mol. The van der Waals surface area contributed by atoms with Crippen molar-refractivity contribution < 1.29 is 17.9 Å². The van der Waals surface area contributed by atoms with Gasteiger partial charge in [-0.1, -0.05) is 18.2 Å². The molecular formula is C16H15N5O4S. The van der Waals surface area contributed by atoms with Crippen molar-refractivity contribution >= 4 is 16.0 Å². The van der Waals surface area contributed by atoms with E-state index >= 15 is 0 Å². The molecule has 9 nitrogen and oxygen atoms in total. The molecule has 1 heterocycles. The summed E-state index contributed by atoms with van der Waals surface area (Å²) in [6, 6.07) is 12.7. The van der Waals surface area contributed by atoms with E-state index in [1.807, 2.05) is 0 Å². The largest absolute Gasteiger partial charge is 0.465 e. The number of rotatable bonds is 6. The number of sulfonamides is 1. The fraction of sp³-hybridized carbons (Fsp3) is 0.125. The van der Waals surface area contributed by atoms with Gasteiger partial charge in [0, 0.05) is 6.54 Å². The van der Waals surface area contributed by atoms with E-state index in [0.29, 0.717) is 16.8 Å². The Bertz CT molecular complexity index is 1000. The second-order valence-electron chi connectivity index (χ2n) is 5.26. The molecule has 10 heteroatoms. The van der Waals surface area contributed by atoms with Crippen LogP contribution in [0.1, 0.15) is 15.9 Å². The molecule has 134 valence electrons. The highest BCUT2D eigenvalue weighted by molar-refractivity contribution is 7.89. The molecule has 0 aliphatic carbocycles. The summed E-state index contributed by atoms with van der Waals surface area (Å²) in [6.07, 6.45) is 1.38. The molecule has 1 aromatic heterocycles. The van der Waals surface area contributed by atoms with E-state index in [-0.39, 0.29) is 11.4 Å². The van der Waals surface area contributed by atoms with E-state index in [4.69, 9.17) is 0 Å². The summed E-state index contributed by atoms with van der Waals surface area (Å²) >= 11 is 0. The molecule has 0 spiro atoms. The summed E-state index contributed by atoms with van der Waals surface area (Å²) in [5.41, 5.74) is 1.63. The molecule has 2 aromatic carbocycles. The molecular weight excluding hydrogens is 358 g/mol. The SMILES string of the molecule is COC(=O)c1ccc(CNS(=O)(=O)c2cccc(-n3cnnn3)c2)cc1. The Morgan fingerprint density at radius 3 is 2.62 bits per heavy atom. The van der Waals surface area contributed by atoms with Gasteiger partial charge in [-0.15, -0.1) is 5.10 Å². The van der Waals surface area contributed by atoms with Crippen LogP contribution in [0.15, 0.2) is 59.8 Å². The molecule has 26 heavy (non-hydrogen) atoms. The first-order chi connectivity index (χ1) is 12.5. The first-order valence-electron chi connectivity index (χ1n) is 7.50. The quantitative estimate of drug-likeness (QED) is 0.639. The zero-order chi connectivity index (χ0) is 18.6. The topological polar surface area (TPSA) is 116 Å². The van der Waals surface area contributed by atoms with Crippen molar-refractivity contribution in [2.75, 3.05) is 7.11 Å². The molecule has 0 aliphatic rings. The summed E-state index contributed by atoms with van der Waals surface area (Å²) in [5, 5.41) is 10.8. The number of nitrogens with zero attached hydrogens (tertiary/aromatic N) is 4. The lowest BCUT2D eigenvalue weighted by Crippen LogP contribution is -2.23. The van der Waals surface area contributed by atoms with E-state index in [9.17, 15) is 13.2 Å². The van der Waals surface area contributed by atoms with Crippen LogP contribution in [-0.4, -0.2) is 41.7 Å². The van der Waals surface area contributed by atoms with E-state index in [2.05, 4.69) is 25.0 Å². The highest BCUT2D eigenvalue weighted by Gasteiger charge is 2.15. The molecule has 3 rings (SSSR count).